The van der Waals surface area contributed by atoms with Crippen molar-refractivity contribution in [3.05, 3.63) is 53.6 Å². The van der Waals surface area contributed by atoms with Crippen molar-refractivity contribution >= 4 is 17.5 Å². The van der Waals surface area contributed by atoms with E-state index in [0.717, 1.165) is 0 Å². The first-order valence-electron chi connectivity index (χ1n) is 6.06. The maximum Gasteiger partial charge on any atom is 0.246 e. The summed E-state index contributed by atoms with van der Waals surface area (Å²) in [5.74, 6) is 0.658. The highest BCUT2D eigenvalue weighted by atomic mass is 35.5. The predicted octanol–water partition coefficient (Wildman–Crippen LogP) is 3.31. The lowest BCUT2D eigenvalue weighted by molar-refractivity contribution is -0.125. The van der Waals surface area contributed by atoms with Gasteiger partial charge in [-0.25, -0.2) is 0 Å². The molecule has 0 radical (unpaired) electrons. The molecule has 4 heteroatoms. The van der Waals surface area contributed by atoms with E-state index in [9.17, 15) is 4.79 Å². The Morgan fingerprint density at radius 3 is 2.89 bits per heavy atom. The molecule has 0 saturated carbocycles. The molecule has 1 rings (SSSR count). The fourth-order valence-corrected chi connectivity index (χ4v) is 1.52. The Hall–Kier alpha value is -1.74. The maximum atomic E-state index is 11.6. The number of amides is 1. The molecule has 0 fully saturated rings. The molecule has 1 aromatic rings. The van der Waals surface area contributed by atoms with Gasteiger partial charge in [-0.3, -0.25) is 4.79 Å². The zero-order chi connectivity index (χ0) is 14.1. The molecular formula is C15H18ClNO2. The molecule has 0 aliphatic heterocycles. The molecule has 0 unspecified atom stereocenters. The molecule has 1 amide bonds. The quantitative estimate of drug-likeness (QED) is 0.591. The predicted molar refractivity (Wildman–Crippen MR) is 78.5 cm³/mol. The largest absolute Gasteiger partial charge is 0.492 e. The standard InChI is InChI=1S/C15H18ClNO2/c1-3-4-5-9-15(18)17(2)10-11-19-14-8-6-7-13(16)12-14/h3-9,12H,10-11H2,1-2H3/b4-3+,9-5+. The van der Waals surface area contributed by atoms with Crippen molar-refractivity contribution in [2.24, 2.45) is 0 Å². The van der Waals surface area contributed by atoms with Crippen LogP contribution in [-0.4, -0.2) is 31.0 Å². The van der Waals surface area contributed by atoms with Gasteiger partial charge in [0.05, 0.1) is 6.54 Å². The van der Waals surface area contributed by atoms with Crippen molar-refractivity contribution in [3.63, 3.8) is 0 Å². The third kappa shape index (κ3) is 6.11. The van der Waals surface area contributed by atoms with Gasteiger partial charge >= 0.3 is 0 Å². The lowest BCUT2D eigenvalue weighted by atomic mass is 10.3. The number of carbonyl (C=O) groups is 1. The minimum absolute atomic E-state index is 0.0483. The van der Waals surface area contributed by atoms with E-state index in [0.29, 0.717) is 23.9 Å². The number of rotatable bonds is 6. The van der Waals surface area contributed by atoms with E-state index in [4.69, 9.17) is 16.3 Å². The van der Waals surface area contributed by atoms with Crippen LogP contribution in [0.15, 0.2) is 48.6 Å². The average Bonchev–Trinajstić information content (AvgIpc) is 2.39. The Bertz CT molecular complexity index is 469. The van der Waals surface area contributed by atoms with Crippen LogP contribution in [0.4, 0.5) is 0 Å². The van der Waals surface area contributed by atoms with Gasteiger partial charge in [0, 0.05) is 18.1 Å². The van der Waals surface area contributed by atoms with Gasteiger partial charge in [0.25, 0.3) is 0 Å². The zero-order valence-corrected chi connectivity index (χ0v) is 11.9. The van der Waals surface area contributed by atoms with Crippen molar-refractivity contribution in [1.29, 1.82) is 0 Å². The van der Waals surface area contributed by atoms with Crippen LogP contribution < -0.4 is 4.74 Å². The smallest absolute Gasteiger partial charge is 0.246 e. The first-order chi connectivity index (χ1) is 9.13. The first kappa shape index (κ1) is 15.3. The Morgan fingerprint density at radius 1 is 1.42 bits per heavy atom. The number of ether oxygens (including phenoxy) is 1. The zero-order valence-electron chi connectivity index (χ0n) is 11.2. The molecule has 1 aromatic carbocycles. The van der Waals surface area contributed by atoms with Gasteiger partial charge in [-0.15, -0.1) is 0 Å². The highest BCUT2D eigenvalue weighted by molar-refractivity contribution is 6.30. The summed E-state index contributed by atoms with van der Waals surface area (Å²) in [4.78, 5) is 13.2. The SMILES string of the molecule is C/C=C/C=C/C(=O)N(C)CCOc1cccc(Cl)c1. The van der Waals surface area contributed by atoms with Crippen molar-refractivity contribution in [3.8, 4) is 5.75 Å². The summed E-state index contributed by atoms with van der Waals surface area (Å²) in [5, 5.41) is 0.635. The van der Waals surface area contributed by atoms with Crippen LogP contribution >= 0.6 is 11.6 Å². The lowest BCUT2D eigenvalue weighted by Gasteiger charge is -2.15. The summed E-state index contributed by atoms with van der Waals surface area (Å²) >= 11 is 5.85. The van der Waals surface area contributed by atoms with E-state index in [1.54, 1.807) is 30.2 Å². The second-order valence-corrected chi connectivity index (χ2v) is 4.39. The fraction of sp³-hybridized carbons (Fsp3) is 0.267. The molecule has 0 bridgehead atoms. The number of allylic oxidation sites excluding steroid dienone is 3. The Balaban J connectivity index is 2.34. The Kier molecular flexibility index (Phi) is 6.75. The summed E-state index contributed by atoms with van der Waals surface area (Å²) in [7, 11) is 1.74. The lowest BCUT2D eigenvalue weighted by Crippen LogP contribution is -2.29. The molecule has 0 N–H and O–H groups in total. The number of likely N-dealkylation sites (N-methyl/N-ethyl adjacent to an activating group) is 1. The number of hydrogen-bond acceptors (Lipinski definition) is 2. The summed E-state index contributed by atoms with van der Waals surface area (Å²) in [6, 6.07) is 7.19. The second kappa shape index (κ2) is 8.38. The molecule has 19 heavy (non-hydrogen) atoms. The van der Waals surface area contributed by atoms with E-state index < -0.39 is 0 Å². The van der Waals surface area contributed by atoms with E-state index in [1.807, 2.05) is 31.2 Å². The van der Waals surface area contributed by atoms with Gasteiger partial charge in [-0.2, -0.15) is 0 Å². The van der Waals surface area contributed by atoms with E-state index in [2.05, 4.69) is 0 Å². The van der Waals surface area contributed by atoms with Crippen LogP contribution in [0.25, 0.3) is 0 Å². The van der Waals surface area contributed by atoms with Crippen LogP contribution in [0.3, 0.4) is 0 Å². The topological polar surface area (TPSA) is 29.5 Å². The monoisotopic (exact) mass is 279 g/mol. The Labute approximate surface area is 119 Å². The van der Waals surface area contributed by atoms with Crippen LogP contribution in [0.5, 0.6) is 5.75 Å². The Morgan fingerprint density at radius 2 is 2.21 bits per heavy atom. The number of carbonyl (C=O) groups excluding carboxylic acids is 1. The maximum absolute atomic E-state index is 11.6. The van der Waals surface area contributed by atoms with Crippen LogP contribution in [0, 0.1) is 0 Å². The first-order valence-corrected chi connectivity index (χ1v) is 6.44. The van der Waals surface area contributed by atoms with E-state index in [-0.39, 0.29) is 5.91 Å². The fourth-order valence-electron chi connectivity index (χ4n) is 1.34. The molecule has 3 nitrogen and oxygen atoms in total. The number of nitrogens with zero attached hydrogens (tertiary/aromatic N) is 1. The van der Waals surface area contributed by atoms with E-state index >= 15 is 0 Å². The van der Waals surface area contributed by atoms with Crippen molar-refractivity contribution in [1.82, 2.24) is 4.90 Å². The van der Waals surface area contributed by atoms with Gasteiger partial charge in [-0.05, 0) is 25.1 Å². The average molecular weight is 280 g/mol. The van der Waals surface area contributed by atoms with Gasteiger partial charge in [0.2, 0.25) is 5.91 Å². The van der Waals surface area contributed by atoms with E-state index in [1.165, 1.54) is 6.08 Å². The van der Waals surface area contributed by atoms with Crippen LogP contribution in [-0.2, 0) is 4.79 Å². The normalized spacial score (nSPS) is 11.1. The molecule has 0 aliphatic carbocycles. The highest BCUT2D eigenvalue weighted by Gasteiger charge is 2.04. The number of hydrogen-bond donors (Lipinski definition) is 0. The molecule has 0 saturated heterocycles. The molecule has 0 spiro atoms. The second-order valence-electron chi connectivity index (χ2n) is 3.95. The van der Waals surface area contributed by atoms with Gasteiger partial charge in [0.15, 0.2) is 0 Å². The number of halogens is 1. The minimum Gasteiger partial charge on any atom is -0.492 e. The summed E-state index contributed by atoms with van der Waals surface area (Å²) in [6.07, 6.45) is 6.93. The van der Waals surface area contributed by atoms with Crippen LogP contribution in [0.2, 0.25) is 5.02 Å². The number of benzene rings is 1. The third-order valence-corrected chi connectivity index (χ3v) is 2.65. The summed E-state index contributed by atoms with van der Waals surface area (Å²) in [6.45, 7) is 2.85. The van der Waals surface area contributed by atoms with Crippen molar-refractivity contribution in [2.75, 3.05) is 20.2 Å². The van der Waals surface area contributed by atoms with Gasteiger partial charge < -0.3 is 9.64 Å². The molecule has 102 valence electrons. The summed E-state index contributed by atoms with van der Waals surface area (Å²) in [5.41, 5.74) is 0. The molecule has 0 atom stereocenters. The molecule has 0 heterocycles. The van der Waals surface area contributed by atoms with Crippen LogP contribution in [0.1, 0.15) is 6.92 Å². The van der Waals surface area contributed by atoms with Crippen molar-refractivity contribution < 1.29 is 9.53 Å². The highest BCUT2D eigenvalue weighted by Crippen LogP contribution is 2.16. The molecule has 0 aromatic heterocycles. The third-order valence-electron chi connectivity index (χ3n) is 2.41. The molecule has 0 aliphatic rings. The van der Waals surface area contributed by atoms with Gasteiger partial charge in [0.1, 0.15) is 12.4 Å². The van der Waals surface area contributed by atoms with Crippen molar-refractivity contribution in [2.45, 2.75) is 6.92 Å². The summed E-state index contributed by atoms with van der Waals surface area (Å²) < 4.78 is 5.52. The minimum atomic E-state index is -0.0483. The molecular weight excluding hydrogens is 262 g/mol. The van der Waals surface area contributed by atoms with Gasteiger partial charge in [-0.1, -0.05) is 35.9 Å².